The molecule has 0 radical (unpaired) electrons. The maximum atomic E-state index is 13.4. The second kappa shape index (κ2) is 10.8. The normalized spacial score (nSPS) is 14.8. The lowest BCUT2D eigenvalue weighted by atomic mass is 10.0. The van der Waals surface area contributed by atoms with Crippen molar-refractivity contribution in [2.45, 2.75) is 51.2 Å². The molecule has 1 fully saturated rings. The first kappa shape index (κ1) is 23.9. The van der Waals surface area contributed by atoms with E-state index < -0.39 is 11.9 Å². The summed E-state index contributed by atoms with van der Waals surface area (Å²) in [5.74, 6) is 0.668. The van der Waals surface area contributed by atoms with E-state index >= 15 is 0 Å². The third-order valence-electron chi connectivity index (χ3n) is 5.80. The van der Waals surface area contributed by atoms with Gasteiger partial charge in [-0.2, -0.15) is 4.80 Å². The van der Waals surface area contributed by atoms with Gasteiger partial charge in [-0.25, -0.2) is 0 Å². The van der Waals surface area contributed by atoms with Gasteiger partial charge < -0.3 is 19.7 Å². The third kappa shape index (κ3) is 5.63. The van der Waals surface area contributed by atoms with Crippen LogP contribution < -0.4 is 5.32 Å². The first-order valence-corrected chi connectivity index (χ1v) is 11.6. The number of aliphatic hydroxyl groups is 1. The molecule has 0 spiro atoms. The topological polar surface area (TPSA) is 126 Å². The van der Waals surface area contributed by atoms with Crippen LogP contribution in [-0.2, 0) is 16.1 Å². The number of carbonyl (C=O) groups is 2. The van der Waals surface area contributed by atoms with Crippen molar-refractivity contribution < 1.29 is 19.1 Å². The SMILES string of the molecule is Cc1ccc(-c2nnn(CC(=O)N(CCO)[C@H](C(=O)NC3CCCC3)c3ccc(Cl)cc3)n2)o1. The Morgan fingerprint density at radius 2 is 1.97 bits per heavy atom. The summed E-state index contributed by atoms with van der Waals surface area (Å²) in [5.41, 5.74) is 0.597. The smallest absolute Gasteiger partial charge is 0.247 e. The van der Waals surface area contributed by atoms with Gasteiger partial charge in [0.05, 0.1) is 6.61 Å². The number of aryl methyl sites for hydroxylation is 1. The summed E-state index contributed by atoms with van der Waals surface area (Å²) in [4.78, 5) is 29.2. The number of halogens is 1. The number of carbonyl (C=O) groups excluding carboxylic acids is 2. The van der Waals surface area contributed by atoms with Crippen molar-refractivity contribution in [3.63, 3.8) is 0 Å². The summed E-state index contributed by atoms with van der Waals surface area (Å²) >= 11 is 6.04. The molecule has 34 heavy (non-hydrogen) atoms. The Labute approximate surface area is 201 Å². The molecule has 11 heteroatoms. The monoisotopic (exact) mass is 486 g/mol. The molecule has 0 unspecified atom stereocenters. The lowest BCUT2D eigenvalue weighted by Crippen LogP contribution is -2.48. The summed E-state index contributed by atoms with van der Waals surface area (Å²) in [7, 11) is 0. The zero-order valence-corrected chi connectivity index (χ0v) is 19.6. The van der Waals surface area contributed by atoms with Crippen LogP contribution in [0, 0.1) is 6.92 Å². The number of amides is 2. The molecule has 2 N–H and O–H groups in total. The zero-order valence-electron chi connectivity index (χ0n) is 18.9. The van der Waals surface area contributed by atoms with Gasteiger partial charge in [0.1, 0.15) is 18.3 Å². The lowest BCUT2D eigenvalue weighted by molar-refractivity contribution is -0.142. The van der Waals surface area contributed by atoms with Crippen molar-refractivity contribution in [3.05, 3.63) is 52.7 Å². The Morgan fingerprint density at radius 1 is 1.24 bits per heavy atom. The van der Waals surface area contributed by atoms with Crippen LogP contribution in [0.4, 0.5) is 0 Å². The maximum Gasteiger partial charge on any atom is 0.247 e. The fraction of sp³-hybridized carbons (Fsp3) is 0.435. The minimum Gasteiger partial charge on any atom is -0.458 e. The average Bonchev–Trinajstić information content (AvgIpc) is 3.57. The lowest BCUT2D eigenvalue weighted by Gasteiger charge is -2.31. The van der Waals surface area contributed by atoms with E-state index in [9.17, 15) is 14.7 Å². The molecule has 1 atom stereocenters. The van der Waals surface area contributed by atoms with E-state index in [2.05, 4.69) is 20.7 Å². The van der Waals surface area contributed by atoms with Crippen molar-refractivity contribution in [2.75, 3.05) is 13.2 Å². The van der Waals surface area contributed by atoms with Gasteiger partial charge in [0.15, 0.2) is 5.76 Å². The quantitative estimate of drug-likeness (QED) is 0.475. The zero-order chi connectivity index (χ0) is 24.1. The maximum absolute atomic E-state index is 13.4. The predicted octanol–water partition coefficient (Wildman–Crippen LogP) is 2.52. The molecule has 1 aromatic carbocycles. The molecule has 4 rings (SSSR count). The highest BCUT2D eigenvalue weighted by Gasteiger charge is 2.33. The fourth-order valence-electron chi connectivity index (χ4n) is 4.15. The molecule has 180 valence electrons. The Morgan fingerprint density at radius 3 is 2.62 bits per heavy atom. The first-order chi connectivity index (χ1) is 16.4. The minimum atomic E-state index is -0.937. The van der Waals surface area contributed by atoms with Crippen molar-refractivity contribution in [2.24, 2.45) is 0 Å². The highest BCUT2D eigenvalue weighted by molar-refractivity contribution is 6.30. The van der Waals surface area contributed by atoms with E-state index in [0.717, 1.165) is 30.5 Å². The number of furan rings is 1. The molecule has 2 aromatic heterocycles. The van der Waals surface area contributed by atoms with Crippen LogP contribution in [0.1, 0.15) is 43.0 Å². The van der Waals surface area contributed by atoms with Crippen molar-refractivity contribution in [1.29, 1.82) is 0 Å². The van der Waals surface area contributed by atoms with E-state index in [1.807, 2.05) is 0 Å². The van der Waals surface area contributed by atoms with Gasteiger partial charge in [0, 0.05) is 17.6 Å². The van der Waals surface area contributed by atoms with E-state index in [4.69, 9.17) is 16.0 Å². The van der Waals surface area contributed by atoms with Crippen LogP contribution in [0.15, 0.2) is 40.8 Å². The molecule has 3 aromatic rings. The molecule has 0 bridgehead atoms. The van der Waals surface area contributed by atoms with E-state index in [0.29, 0.717) is 22.1 Å². The summed E-state index contributed by atoms with van der Waals surface area (Å²) in [6.07, 6.45) is 3.94. The molecular weight excluding hydrogens is 460 g/mol. The summed E-state index contributed by atoms with van der Waals surface area (Å²) in [6.45, 7) is 1.20. The number of rotatable bonds is 9. The molecular formula is C23H27ClN6O4. The Kier molecular flexibility index (Phi) is 7.59. The van der Waals surface area contributed by atoms with Crippen molar-refractivity contribution in [1.82, 2.24) is 30.4 Å². The largest absolute Gasteiger partial charge is 0.458 e. The molecule has 2 heterocycles. The molecule has 0 aliphatic heterocycles. The average molecular weight is 487 g/mol. The van der Waals surface area contributed by atoms with E-state index in [1.54, 1.807) is 43.3 Å². The first-order valence-electron chi connectivity index (χ1n) is 11.3. The summed E-state index contributed by atoms with van der Waals surface area (Å²) in [6, 6.07) is 9.41. The number of aliphatic hydroxyl groups excluding tert-OH is 1. The van der Waals surface area contributed by atoms with Crippen LogP contribution >= 0.6 is 11.6 Å². The Bertz CT molecular complexity index is 1120. The number of nitrogens with zero attached hydrogens (tertiary/aromatic N) is 5. The van der Waals surface area contributed by atoms with Crippen LogP contribution in [0.25, 0.3) is 11.6 Å². The Hall–Kier alpha value is -3.24. The van der Waals surface area contributed by atoms with Crippen LogP contribution in [-0.4, -0.2) is 61.2 Å². The number of hydrogen-bond acceptors (Lipinski definition) is 7. The number of benzene rings is 1. The van der Waals surface area contributed by atoms with Gasteiger partial charge in [0.2, 0.25) is 17.6 Å². The molecule has 1 saturated carbocycles. The third-order valence-corrected chi connectivity index (χ3v) is 6.05. The molecule has 0 saturated heterocycles. The van der Waals surface area contributed by atoms with Gasteiger partial charge in [-0.05, 0) is 54.8 Å². The highest BCUT2D eigenvalue weighted by Crippen LogP contribution is 2.26. The Balaban J connectivity index is 1.57. The highest BCUT2D eigenvalue weighted by atomic mass is 35.5. The van der Waals surface area contributed by atoms with Crippen LogP contribution in [0.5, 0.6) is 0 Å². The van der Waals surface area contributed by atoms with E-state index in [1.165, 1.54) is 4.90 Å². The molecule has 1 aliphatic rings. The predicted molar refractivity (Wildman–Crippen MR) is 124 cm³/mol. The number of aromatic nitrogens is 4. The fourth-order valence-corrected chi connectivity index (χ4v) is 4.28. The van der Waals surface area contributed by atoms with Gasteiger partial charge >= 0.3 is 0 Å². The second-order valence-electron chi connectivity index (χ2n) is 8.31. The van der Waals surface area contributed by atoms with Gasteiger partial charge in [-0.15, -0.1) is 10.2 Å². The number of hydrogen-bond donors (Lipinski definition) is 2. The van der Waals surface area contributed by atoms with Gasteiger partial charge in [-0.1, -0.05) is 36.6 Å². The minimum absolute atomic E-state index is 0.0385. The van der Waals surface area contributed by atoms with Crippen molar-refractivity contribution >= 4 is 23.4 Å². The van der Waals surface area contributed by atoms with Crippen molar-refractivity contribution in [3.8, 4) is 11.6 Å². The molecule has 1 aliphatic carbocycles. The standard InChI is InChI=1S/C23H27ClN6O4/c1-15-6-11-19(34-15)22-26-28-30(27-22)14-20(32)29(12-13-31)21(16-7-9-17(24)10-8-16)23(33)25-18-4-2-3-5-18/h6-11,18,21,31H,2-5,12-14H2,1H3,(H,25,33)/t21-/m0/s1. The van der Waals surface area contributed by atoms with Crippen LogP contribution in [0.2, 0.25) is 5.02 Å². The summed E-state index contributed by atoms with van der Waals surface area (Å²) < 4.78 is 5.50. The number of tetrazole rings is 1. The summed E-state index contributed by atoms with van der Waals surface area (Å²) in [5, 5.41) is 25.4. The van der Waals surface area contributed by atoms with Crippen LogP contribution in [0.3, 0.4) is 0 Å². The van der Waals surface area contributed by atoms with E-state index in [-0.39, 0.29) is 37.5 Å². The molecule has 10 nitrogen and oxygen atoms in total. The second-order valence-corrected chi connectivity index (χ2v) is 8.74. The van der Waals surface area contributed by atoms with Gasteiger partial charge in [0.25, 0.3) is 0 Å². The van der Waals surface area contributed by atoms with Gasteiger partial charge in [-0.3, -0.25) is 9.59 Å². The number of nitrogens with one attached hydrogen (secondary N) is 1. The molecule has 2 amide bonds.